The summed E-state index contributed by atoms with van der Waals surface area (Å²) < 4.78 is 38.7. The average molecular weight is 458 g/mol. The molecule has 0 atom stereocenters. The van der Waals surface area contributed by atoms with Crippen LogP contribution in [0.1, 0.15) is 10.4 Å². The van der Waals surface area contributed by atoms with Gasteiger partial charge in [-0.1, -0.05) is 18.2 Å². The molecule has 0 bridgehead atoms. The number of carbonyl (C=O) groups is 1. The van der Waals surface area contributed by atoms with E-state index in [1.54, 1.807) is 12.1 Å². The van der Waals surface area contributed by atoms with Crippen molar-refractivity contribution in [1.29, 1.82) is 0 Å². The zero-order chi connectivity index (χ0) is 20.2. The molecular weight excluding hydrogens is 444 g/mol. The molecule has 0 aliphatic rings. The maximum Gasteiger partial charge on any atom is 1.00 e. The fourth-order valence-corrected chi connectivity index (χ4v) is 2.84. The number of benzene rings is 2. The van der Waals surface area contributed by atoms with Crippen molar-refractivity contribution in [2.75, 3.05) is 17.7 Å². The van der Waals surface area contributed by atoms with Crippen LogP contribution in [0.5, 0.6) is 5.75 Å². The fourth-order valence-electron chi connectivity index (χ4n) is 2.17. The molecule has 0 heterocycles. The number of carbonyl (C=O) groups excluding carboxylic acids is 1. The standard InChI is InChI=1S/C16H16ClN3O6S.2Na/c1-3-18-20(19-13-8-10(17)4-7-15(13)26-2)14-6-5-11(27(23,24)25)9-12(14)16(21)22;;/h3-9,18-19H,1H2,2H3,(H,21,22)(H,23,24,25);;/q;2*+1/p-2. The van der Waals surface area contributed by atoms with Crippen molar-refractivity contribution in [3.8, 4) is 5.75 Å². The van der Waals surface area contributed by atoms with Crippen LogP contribution in [0.25, 0.3) is 0 Å². The van der Waals surface area contributed by atoms with Crippen LogP contribution in [0.15, 0.2) is 54.1 Å². The molecule has 0 aromatic heterocycles. The van der Waals surface area contributed by atoms with E-state index in [9.17, 15) is 22.9 Å². The number of rotatable bonds is 8. The van der Waals surface area contributed by atoms with Crippen molar-refractivity contribution in [3.63, 3.8) is 0 Å². The van der Waals surface area contributed by atoms with Crippen LogP contribution in [0.3, 0.4) is 0 Å². The van der Waals surface area contributed by atoms with Crippen LogP contribution in [0.4, 0.5) is 11.4 Å². The Kier molecular flexibility index (Phi) is 11.6. The summed E-state index contributed by atoms with van der Waals surface area (Å²) in [6.07, 6.45) is 1.24. The number of anilines is 2. The zero-order valence-electron chi connectivity index (χ0n) is 15.9. The summed E-state index contributed by atoms with van der Waals surface area (Å²) in [5.41, 5.74) is 5.24. The molecule has 9 nitrogen and oxygen atoms in total. The van der Waals surface area contributed by atoms with E-state index in [2.05, 4.69) is 17.4 Å². The van der Waals surface area contributed by atoms with E-state index in [0.717, 1.165) is 17.3 Å². The normalized spacial score (nSPS) is 10.0. The summed E-state index contributed by atoms with van der Waals surface area (Å²) in [6, 6.07) is 7.50. The first-order chi connectivity index (χ1) is 12.7. The van der Waals surface area contributed by atoms with Crippen LogP contribution >= 0.6 is 11.6 Å². The Morgan fingerprint density at radius 1 is 1.24 bits per heavy atom. The molecule has 0 saturated heterocycles. The van der Waals surface area contributed by atoms with E-state index < -0.39 is 26.5 Å². The van der Waals surface area contributed by atoms with Gasteiger partial charge in [0, 0.05) is 16.8 Å². The zero-order valence-corrected chi connectivity index (χ0v) is 21.5. The van der Waals surface area contributed by atoms with Crippen molar-refractivity contribution >= 4 is 39.1 Å². The number of carboxylic acid groups (broad SMARTS) is 1. The second-order valence-corrected chi connectivity index (χ2v) is 6.86. The summed E-state index contributed by atoms with van der Waals surface area (Å²) in [5.74, 6) is -1.30. The average Bonchev–Trinajstić information content (AvgIpc) is 2.60. The third-order valence-corrected chi connectivity index (χ3v) is 4.40. The van der Waals surface area contributed by atoms with Gasteiger partial charge in [0.1, 0.15) is 15.9 Å². The molecule has 13 heteroatoms. The van der Waals surface area contributed by atoms with Crippen molar-refractivity contribution in [2.24, 2.45) is 0 Å². The van der Waals surface area contributed by atoms with E-state index in [4.69, 9.17) is 16.3 Å². The number of nitrogens with zero attached hydrogens (tertiary/aromatic N) is 1. The van der Waals surface area contributed by atoms with Crippen LogP contribution in [0.2, 0.25) is 5.02 Å². The number of aromatic carboxylic acids is 1. The molecule has 0 spiro atoms. The number of hydrogen-bond donors (Lipinski definition) is 2. The van der Waals surface area contributed by atoms with E-state index in [0.29, 0.717) is 22.5 Å². The molecule has 0 aliphatic heterocycles. The third-order valence-electron chi connectivity index (χ3n) is 3.33. The summed E-state index contributed by atoms with van der Waals surface area (Å²) in [5, 5.41) is 13.0. The van der Waals surface area contributed by atoms with Crippen molar-refractivity contribution < 1.29 is 86.7 Å². The molecule has 2 N–H and O–H groups in total. The summed E-state index contributed by atoms with van der Waals surface area (Å²) in [6.45, 7) is 3.50. The second-order valence-electron chi connectivity index (χ2n) is 5.05. The molecular formula is C16H14ClN3Na2O6S. The quantitative estimate of drug-likeness (QED) is 0.227. The first-order valence-electron chi connectivity index (χ1n) is 7.26. The number of carboxylic acids is 1. The first-order valence-corrected chi connectivity index (χ1v) is 9.04. The SMILES string of the molecule is C=CNN(Nc1cc(Cl)ccc1OC)c1ccc(S(=O)(=O)[O-])cc1C(=O)[O-].[Na+].[Na+]. The van der Waals surface area contributed by atoms with Crippen LogP contribution < -0.4 is 84.9 Å². The minimum absolute atomic E-state index is 0. The molecule has 0 radical (unpaired) electrons. The third kappa shape index (κ3) is 7.35. The minimum Gasteiger partial charge on any atom is -0.744 e. The van der Waals surface area contributed by atoms with E-state index in [-0.39, 0.29) is 64.8 Å². The topological polar surface area (TPSA) is 134 Å². The Bertz CT molecular complexity index is 991. The largest absolute Gasteiger partial charge is 1.00 e. The number of halogens is 1. The molecule has 144 valence electrons. The molecule has 0 fully saturated rings. The molecule has 29 heavy (non-hydrogen) atoms. The van der Waals surface area contributed by atoms with Crippen LogP contribution in [-0.4, -0.2) is 26.0 Å². The summed E-state index contributed by atoms with van der Waals surface area (Å²) in [7, 11) is -3.42. The number of hydrogen-bond acceptors (Lipinski definition) is 9. The molecule has 2 aromatic rings. The van der Waals surface area contributed by atoms with E-state index in [1.807, 2.05) is 0 Å². The summed E-state index contributed by atoms with van der Waals surface area (Å²) >= 11 is 5.97. The number of nitrogens with one attached hydrogen (secondary N) is 2. The van der Waals surface area contributed by atoms with Crippen molar-refractivity contribution in [3.05, 3.63) is 59.8 Å². The second kappa shape index (κ2) is 12.0. The maximum absolute atomic E-state index is 11.5. The minimum atomic E-state index is -4.85. The summed E-state index contributed by atoms with van der Waals surface area (Å²) in [4.78, 5) is 10.8. The van der Waals surface area contributed by atoms with Gasteiger partial charge in [0.15, 0.2) is 0 Å². The van der Waals surface area contributed by atoms with Gasteiger partial charge < -0.3 is 19.2 Å². The van der Waals surface area contributed by atoms with Crippen molar-refractivity contribution in [2.45, 2.75) is 4.90 Å². The van der Waals surface area contributed by atoms with Gasteiger partial charge in [-0.2, -0.15) is 5.12 Å². The van der Waals surface area contributed by atoms with Gasteiger partial charge in [0.05, 0.1) is 29.3 Å². The Morgan fingerprint density at radius 3 is 2.41 bits per heavy atom. The molecule has 0 aliphatic carbocycles. The van der Waals surface area contributed by atoms with Gasteiger partial charge in [0.2, 0.25) is 0 Å². The van der Waals surface area contributed by atoms with Crippen LogP contribution in [0, 0.1) is 0 Å². The Morgan fingerprint density at radius 2 is 1.90 bits per heavy atom. The molecule has 2 rings (SSSR count). The molecule has 0 amide bonds. The van der Waals surface area contributed by atoms with Gasteiger partial charge >= 0.3 is 59.1 Å². The van der Waals surface area contributed by atoms with Gasteiger partial charge in [0.25, 0.3) is 0 Å². The Hall–Kier alpha value is -0.950. The maximum atomic E-state index is 11.5. The number of ether oxygens (including phenoxy) is 1. The van der Waals surface area contributed by atoms with Gasteiger partial charge in [-0.25, -0.2) is 8.42 Å². The number of methoxy groups -OCH3 is 1. The first kappa shape index (κ1) is 28.1. The van der Waals surface area contributed by atoms with Crippen LogP contribution in [-0.2, 0) is 10.1 Å². The van der Waals surface area contributed by atoms with E-state index in [1.165, 1.54) is 19.4 Å². The Labute approximate surface area is 217 Å². The predicted octanol–water partition coefficient (Wildman–Crippen LogP) is -4.89. The smallest absolute Gasteiger partial charge is 0.744 e. The fraction of sp³-hybridized carbons (Fsp3) is 0.0625. The van der Waals surface area contributed by atoms with Gasteiger partial charge in [-0.3, -0.25) is 10.9 Å². The molecule has 2 aromatic carbocycles. The molecule has 0 unspecified atom stereocenters. The van der Waals surface area contributed by atoms with Crippen molar-refractivity contribution in [1.82, 2.24) is 5.43 Å². The number of hydrazine groups is 2. The monoisotopic (exact) mass is 457 g/mol. The van der Waals surface area contributed by atoms with E-state index >= 15 is 0 Å². The van der Waals surface area contributed by atoms with Gasteiger partial charge in [-0.05, 0) is 36.4 Å². The van der Waals surface area contributed by atoms with Gasteiger partial charge in [-0.15, -0.1) is 0 Å². The predicted molar refractivity (Wildman–Crippen MR) is 96.2 cm³/mol. The molecule has 0 saturated carbocycles. The Balaban J connectivity index is 0.00000392.